The molecule has 1 rings (SSSR count). The minimum atomic E-state index is -4.02. The lowest BCUT2D eigenvalue weighted by molar-refractivity contribution is 0.483. The number of benzene rings is 1. The molecule has 0 atom stereocenters. The van der Waals surface area contributed by atoms with E-state index in [4.69, 9.17) is 15.7 Å². The van der Waals surface area contributed by atoms with Crippen LogP contribution >= 0.6 is 11.8 Å². The van der Waals surface area contributed by atoms with E-state index in [0.29, 0.717) is 0 Å². The molecule has 0 bridgehead atoms. The molecule has 7 heteroatoms. The Kier molecular flexibility index (Phi) is 6.86. The molecule has 0 aliphatic heterocycles. The van der Waals surface area contributed by atoms with Crippen molar-refractivity contribution in [1.29, 1.82) is 5.41 Å². The fourth-order valence-electron chi connectivity index (χ4n) is 0.866. The highest BCUT2D eigenvalue weighted by molar-refractivity contribution is 8.13. The zero-order chi connectivity index (χ0) is 13.5. The summed E-state index contributed by atoms with van der Waals surface area (Å²) in [5.41, 5.74) is 5.91. The highest BCUT2D eigenvalue weighted by Crippen LogP contribution is 2.08. The highest BCUT2D eigenvalue weighted by atomic mass is 32.2. The van der Waals surface area contributed by atoms with E-state index in [1.165, 1.54) is 23.9 Å². The lowest BCUT2D eigenvalue weighted by Gasteiger charge is -1.95. The second kappa shape index (κ2) is 7.31. The summed E-state index contributed by atoms with van der Waals surface area (Å²) in [5.74, 6) is 0.898. The zero-order valence-electron chi connectivity index (χ0n) is 9.67. The van der Waals surface area contributed by atoms with Crippen molar-refractivity contribution in [2.45, 2.75) is 18.7 Å². The lowest BCUT2D eigenvalue weighted by atomic mass is 10.2. The molecule has 0 fully saturated rings. The number of nitrogens with two attached hydrogens (primary N) is 1. The summed E-state index contributed by atoms with van der Waals surface area (Å²) >= 11 is 1.35. The van der Waals surface area contributed by atoms with Crippen LogP contribution in [0.2, 0.25) is 0 Å². The fraction of sp³-hybridized carbons (Fsp3) is 0.300. The molecule has 0 unspecified atom stereocenters. The van der Waals surface area contributed by atoms with Crippen molar-refractivity contribution in [3.8, 4) is 0 Å². The minimum Gasteiger partial charge on any atom is -0.379 e. The Bertz CT molecular complexity index is 455. The van der Waals surface area contributed by atoms with Crippen molar-refractivity contribution in [3.05, 3.63) is 29.8 Å². The van der Waals surface area contributed by atoms with Gasteiger partial charge in [-0.2, -0.15) is 8.42 Å². The van der Waals surface area contributed by atoms with Gasteiger partial charge in [0.1, 0.15) is 0 Å². The van der Waals surface area contributed by atoms with Crippen molar-refractivity contribution in [1.82, 2.24) is 0 Å². The van der Waals surface area contributed by atoms with Crippen molar-refractivity contribution < 1.29 is 13.0 Å². The van der Waals surface area contributed by atoms with Crippen LogP contribution in [0, 0.1) is 12.3 Å². The van der Waals surface area contributed by atoms with E-state index in [9.17, 15) is 8.42 Å². The molecule has 0 heterocycles. The Labute approximate surface area is 106 Å². The van der Waals surface area contributed by atoms with E-state index in [2.05, 4.69) is 0 Å². The van der Waals surface area contributed by atoms with Crippen molar-refractivity contribution >= 4 is 27.0 Å². The molecule has 96 valence electrons. The van der Waals surface area contributed by atoms with Crippen molar-refractivity contribution in [3.63, 3.8) is 0 Å². The first-order chi connectivity index (χ1) is 7.77. The molecule has 0 saturated carbocycles. The average Bonchev–Trinajstić information content (AvgIpc) is 2.17. The summed E-state index contributed by atoms with van der Waals surface area (Å²) in [4.78, 5) is -0.0666. The number of rotatable bonds is 2. The molecule has 5 nitrogen and oxygen atoms in total. The van der Waals surface area contributed by atoms with Crippen molar-refractivity contribution in [2.75, 3.05) is 5.75 Å². The molecule has 1 aromatic rings. The van der Waals surface area contributed by atoms with Gasteiger partial charge in [0.15, 0.2) is 5.17 Å². The molecule has 0 saturated heterocycles. The standard InChI is InChI=1S/C7H8O3S.C3H8N2S/c1-6-2-4-7(5-3-6)11(8,9)10;1-2-6-3(4)5/h2-5H,1H3,(H,8,9,10);2H2,1H3,(H3,4,5). The molecule has 1 aromatic carbocycles. The van der Waals surface area contributed by atoms with Crippen LogP contribution < -0.4 is 5.73 Å². The molecule has 0 amide bonds. The predicted octanol–water partition coefficient (Wildman–Crippen LogP) is 1.87. The van der Waals surface area contributed by atoms with Gasteiger partial charge >= 0.3 is 0 Å². The van der Waals surface area contributed by atoms with Crippen LogP contribution in [-0.4, -0.2) is 23.9 Å². The van der Waals surface area contributed by atoms with Crippen molar-refractivity contribution in [2.24, 2.45) is 5.73 Å². The first kappa shape index (κ1) is 16.0. The van der Waals surface area contributed by atoms with E-state index in [-0.39, 0.29) is 10.1 Å². The number of hydrogen-bond donors (Lipinski definition) is 3. The SMILES string of the molecule is CCSC(=N)N.Cc1ccc(S(=O)(=O)O)cc1. The van der Waals surface area contributed by atoms with Gasteiger partial charge in [0.2, 0.25) is 0 Å². The molecule has 17 heavy (non-hydrogen) atoms. The molecule has 0 spiro atoms. The Morgan fingerprint density at radius 3 is 2.12 bits per heavy atom. The van der Waals surface area contributed by atoms with E-state index in [1.54, 1.807) is 12.1 Å². The summed E-state index contributed by atoms with van der Waals surface area (Å²) in [6, 6.07) is 5.99. The summed E-state index contributed by atoms with van der Waals surface area (Å²) in [6.07, 6.45) is 0. The normalized spacial score (nSPS) is 10.3. The van der Waals surface area contributed by atoms with Crippen LogP contribution in [0.4, 0.5) is 0 Å². The number of hydrogen-bond acceptors (Lipinski definition) is 4. The van der Waals surface area contributed by atoms with E-state index < -0.39 is 10.1 Å². The molecule has 0 aromatic heterocycles. The summed E-state index contributed by atoms with van der Waals surface area (Å²) in [6.45, 7) is 3.81. The zero-order valence-corrected chi connectivity index (χ0v) is 11.3. The van der Waals surface area contributed by atoms with Gasteiger partial charge in [-0.1, -0.05) is 36.4 Å². The molecule has 4 N–H and O–H groups in total. The maximum absolute atomic E-state index is 10.5. The maximum Gasteiger partial charge on any atom is 0.294 e. The van der Waals surface area contributed by atoms with Crippen LogP contribution in [0.3, 0.4) is 0 Å². The monoisotopic (exact) mass is 276 g/mol. The highest BCUT2D eigenvalue weighted by Gasteiger charge is 2.06. The number of amidine groups is 1. The predicted molar refractivity (Wildman–Crippen MR) is 71.0 cm³/mol. The number of aryl methyl sites for hydroxylation is 1. The van der Waals surface area contributed by atoms with Gasteiger partial charge < -0.3 is 5.73 Å². The summed E-state index contributed by atoms with van der Waals surface area (Å²) in [7, 11) is -4.02. The Morgan fingerprint density at radius 2 is 1.88 bits per heavy atom. The van der Waals surface area contributed by atoms with Crippen LogP contribution in [0.1, 0.15) is 12.5 Å². The second-order valence-electron chi connectivity index (χ2n) is 3.09. The van der Waals surface area contributed by atoms with E-state index >= 15 is 0 Å². The number of nitrogens with one attached hydrogen (secondary N) is 1. The second-order valence-corrected chi connectivity index (χ2v) is 5.81. The van der Waals surface area contributed by atoms with E-state index in [0.717, 1.165) is 11.3 Å². The lowest BCUT2D eigenvalue weighted by Crippen LogP contribution is -2.02. The maximum atomic E-state index is 10.5. The van der Waals surface area contributed by atoms with Crippen LogP contribution in [0.15, 0.2) is 29.2 Å². The van der Waals surface area contributed by atoms with Gasteiger partial charge in [-0.05, 0) is 24.8 Å². The summed E-state index contributed by atoms with van der Waals surface area (Å²) < 4.78 is 29.6. The first-order valence-corrected chi connectivity index (χ1v) is 7.21. The third kappa shape index (κ3) is 7.78. The first-order valence-electron chi connectivity index (χ1n) is 4.78. The third-order valence-electron chi connectivity index (χ3n) is 1.62. The van der Waals surface area contributed by atoms with Crippen LogP contribution in [0.25, 0.3) is 0 Å². The van der Waals surface area contributed by atoms with Crippen LogP contribution in [-0.2, 0) is 10.1 Å². The van der Waals surface area contributed by atoms with Gasteiger partial charge in [0.25, 0.3) is 10.1 Å². The quantitative estimate of drug-likeness (QED) is 0.434. The average molecular weight is 276 g/mol. The third-order valence-corrected chi connectivity index (χ3v) is 3.09. The molecular weight excluding hydrogens is 260 g/mol. The molecule has 0 radical (unpaired) electrons. The van der Waals surface area contributed by atoms with Gasteiger partial charge in [-0.15, -0.1) is 0 Å². The Morgan fingerprint density at radius 1 is 1.41 bits per heavy atom. The van der Waals surface area contributed by atoms with E-state index in [1.807, 2.05) is 13.8 Å². The van der Waals surface area contributed by atoms with Crippen LogP contribution in [0.5, 0.6) is 0 Å². The van der Waals surface area contributed by atoms with Gasteiger partial charge in [0, 0.05) is 0 Å². The molecular formula is C10H16N2O3S2. The van der Waals surface area contributed by atoms with Gasteiger partial charge in [0.05, 0.1) is 4.90 Å². The number of thioether (sulfide) groups is 1. The van der Waals surface area contributed by atoms with Gasteiger partial charge in [-0.3, -0.25) is 9.96 Å². The fourth-order valence-corrected chi connectivity index (χ4v) is 1.66. The minimum absolute atomic E-state index is 0.0666. The Hall–Kier alpha value is -1.05. The summed E-state index contributed by atoms with van der Waals surface area (Å²) in [5, 5.41) is 6.84. The largest absolute Gasteiger partial charge is 0.379 e. The topological polar surface area (TPSA) is 104 Å². The smallest absolute Gasteiger partial charge is 0.294 e. The molecule has 0 aliphatic carbocycles. The van der Waals surface area contributed by atoms with Gasteiger partial charge in [-0.25, -0.2) is 0 Å². The molecule has 0 aliphatic rings. The Balaban J connectivity index is 0.000000366.